The smallest absolute Gasteiger partial charge is 0.132 e. The molecule has 0 atom stereocenters. The number of nitrogens with one attached hydrogen (secondary N) is 1. The normalized spacial score (nSPS) is 11.0. The van der Waals surface area contributed by atoms with Gasteiger partial charge in [-0.25, -0.2) is 9.97 Å². The number of nitrogens with zero attached hydrogens (tertiary/aromatic N) is 2. The van der Waals surface area contributed by atoms with Gasteiger partial charge in [0, 0.05) is 11.3 Å². The van der Waals surface area contributed by atoms with Crippen molar-refractivity contribution >= 4 is 5.82 Å². The maximum atomic E-state index is 5.99. The van der Waals surface area contributed by atoms with Crippen molar-refractivity contribution in [1.29, 1.82) is 0 Å². The van der Waals surface area contributed by atoms with Crippen LogP contribution in [0.2, 0.25) is 0 Å². The molecular weight excluding hydrogens is 310 g/mol. The van der Waals surface area contributed by atoms with E-state index < -0.39 is 0 Å². The van der Waals surface area contributed by atoms with Crippen LogP contribution in [0, 0.1) is 13.8 Å². The minimum atomic E-state index is 0.506. The summed E-state index contributed by atoms with van der Waals surface area (Å²) in [5.74, 6) is 2.42. The van der Waals surface area contributed by atoms with Crippen molar-refractivity contribution in [2.24, 2.45) is 0 Å². The summed E-state index contributed by atoms with van der Waals surface area (Å²) < 4.78 is 5.99. The first-order valence-corrected chi connectivity index (χ1v) is 9.30. The summed E-state index contributed by atoms with van der Waals surface area (Å²) in [6, 6.07) is 6.46. The molecule has 1 heterocycles. The lowest BCUT2D eigenvalue weighted by Gasteiger charge is -2.15. The van der Waals surface area contributed by atoms with Gasteiger partial charge < -0.3 is 10.1 Å². The number of hydrogen-bond donors (Lipinski definition) is 1. The van der Waals surface area contributed by atoms with Gasteiger partial charge in [-0.2, -0.15) is 0 Å². The molecule has 4 heteroatoms. The van der Waals surface area contributed by atoms with Crippen LogP contribution in [0.1, 0.15) is 61.9 Å². The van der Waals surface area contributed by atoms with Gasteiger partial charge in [-0.15, -0.1) is 0 Å². The molecule has 2 rings (SSSR count). The zero-order valence-electron chi connectivity index (χ0n) is 16.2. The molecule has 25 heavy (non-hydrogen) atoms. The van der Waals surface area contributed by atoms with Crippen LogP contribution >= 0.6 is 0 Å². The average Bonchev–Trinajstić information content (AvgIpc) is 2.59. The van der Waals surface area contributed by atoms with Gasteiger partial charge in [0.15, 0.2) is 0 Å². The van der Waals surface area contributed by atoms with Gasteiger partial charge in [0.2, 0.25) is 0 Å². The molecule has 4 nitrogen and oxygen atoms in total. The van der Waals surface area contributed by atoms with Crippen LogP contribution in [0.5, 0.6) is 5.75 Å². The van der Waals surface area contributed by atoms with Gasteiger partial charge in [0.25, 0.3) is 0 Å². The zero-order valence-corrected chi connectivity index (χ0v) is 16.2. The highest BCUT2D eigenvalue weighted by Crippen LogP contribution is 2.24. The van der Waals surface area contributed by atoms with E-state index >= 15 is 0 Å². The Morgan fingerprint density at radius 3 is 2.68 bits per heavy atom. The summed E-state index contributed by atoms with van der Waals surface area (Å²) in [5.41, 5.74) is 4.77. The Balaban J connectivity index is 1.94. The summed E-state index contributed by atoms with van der Waals surface area (Å²) in [6.45, 7) is 12.1. The fourth-order valence-electron chi connectivity index (χ4n) is 2.77. The largest absolute Gasteiger partial charge is 0.491 e. The summed E-state index contributed by atoms with van der Waals surface area (Å²) in [6.07, 6.45) is 4.97. The van der Waals surface area contributed by atoms with Crippen LogP contribution in [0.25, 0.3) is 0 Å². The molecule has 0 saturated carbocycles. The van der Waals surface area contributed by atoms with Gasteiger partial charge >= 0.3 is 0 Å². The Kier molecular flexibility index (Phi) is 7.23. The van der Waals surface area contributed by atoms with Crippen molar-refractivity contribution in [2.45, 2.75) is 59.8 Å². The minimum Gasteiger partial charge on any atom is -0.491 e. The number of benzene rings is 1. The molecule has 0 spiro atoms. The van der Waals surface area contributed by atoms with E-state index in [1.165, 1.54) is 23.1 Å². The molecule has 1 aromatic heterocycles. The van der Waals surface area contributed by atoms with Crippen molar-refractivity contribution in [3.63, 3.8) is 0 Å². The van der Waals surface area contributed by atoms with Gasteiger partial charge in [-0.3, -0.25) is 0 Å². The Bertz CT molecular complexity index is 683. The van der Waals surface area contributed by atoms with Crippen LogP contribution in [-0.4, -0.2) is 23.1 Å². The highest BCUT2D eigenvalue weighted by Gasteiger charge is 2.08. The topological polar surface area (TPSA) is 47.0 Å². The summed E-state index contributed by atoms with van der Waals surface area (Å²) >= 11 is 0. The van der Waals surface area contributed by atoms with E-state index in [1.54, 1.807) is 6.33 Å². The van der Waals surface area contributed by atoms with Gasteiger partial charge in [0.05, 0.1) is 6.54 Å². The first-order chi connectivity index (χ1) is 12.0. The number of ether oxygens (including phenoxy) is 1. The van der Waals surface area contributed by atoms with Gasteiger partial charge in [0.1, 0.15) is 24.5 Å². The molecular formula is C21H31N3O. The first kappa shape index (κ1) is 19.2. The van der Waals surface area contributed by atoms with Crippen LogP contribution in [-0.2, 0) is 6.42 Å². The van der Waals surface area contributed by atoms with Crippen molar-refractivity contribution in [3.05, 3.63) is 46.9 Å². The molecule has 136 valence electrons. The Hall–Kier alpha value is -2.10. The molecule has 0 radical (unpaired) electrons. The van der Waals surface area contributed by atoms with E-state index in [-0.39, 0.29) is 0 Å². The number of aromatic nitrogens is 2. The fourth-order valence-corrected chi connectivity index (χ4v) is 2.77. The van der Waals surface area contributed by atoms with Crippen molar-refractivity contribution < 1.29 is 4.74 Å². The monoisotopic (exact) mass is 341 g/mol. The first-order valence-electron chi connectivity index (χ1n) is 9.30. The minimum absolute atomic E-state index is 0.506. The Morgan fingerprint density at radius 2 is 1.96 bits per heavy atom. The molecule has 2 aromatic rings. The number of aryl methyl sites for hydroxylation is 2. The highest BCUT2D eigenvalue weighted by atomic mass is 16.5. The van der Waals surface area contributed by atoms with Crippen LogP contribution in [0.3, 0.4) is 0 Å². The molecule has 0 saturated heterocycles. The second-order valence-electron chi connectivity index (χ2n) is 6.84. The predicted octanol–water partition coefficient (Wildman–Crippen LogP) is 5.05. The van der Waals surface area contributed by atoms with Crippen LogP contribution in [0.4, 0.5) is 5.82 Å². The molecule has 0 amide bonds. The lowest BCUT2D eigenvalue weighted by molar-refractivity contribution is 0.330. The lowest BCUT2D eigenvalue weighted by atomic mass is 10.0. The maximum absolute atomic E-state index is 5.99. The third-order valence-corrected chi connectivity index (χ3v) is 4.47. The number of rotatable bonds is 9. The van der Waals surface area contributed by atoms with E-state index in [1.807, 2.05) is 0 Å². The van der Waals surface area contributed by atoms with E-state index in [4.69, 9.17) is 4.74 Å². The predicted molar refractivity (Wildman–Crippen MR) is 105 cm³/mol. The van der Waals surface area contributed by atoms with E-state index in [0.717, 1.165) is 36.6 Å². The lowest BCUT2D eigenvalue weighted by Crippen LogP contribution is -2.15. The number of anilines is 1. The molecule has 0 aliphatic carbocycles. The summed E-state index contributed by atoms with van der Waals surface area (Å²) in [4.78, 5) is 8.74. The molecule has 0 unspecified atom stereocenters. The number of unbranched alkanes of at least 4 members (excludes halogenated alkanes) is 1. The van der Waals surface area contributed by atoms with Crippen molar-refractivity contribution in [2.75, 3.05) is 18.5 Å². The van der Waals surface area contributed by atoms with Gasteiger partial charge in [-0.1, -0.05) is 39.3 Å². The van der Waals surface area contributed by atoms with Crippen molar-refractivity contribution in [1.82, 2.24) is 9.97 Å². The van der Waals surface area contributed by atoms with Crippen LogP contribution in [0.15, 0.2) is 24.5 Å². The third kappa shape index (κ3) is 5.45. The van der Waals surface area contributed by atoms with E-state index in [2.05, 4.69) is 68.1 Å². The molecule has 0 aliphatic rings. The molecule has 0 aliphatic heterocycles. The van der Waals surface area contributed by atoms with Crippen LogP contribution < -0.4 is 10.1 Å². The second-order valence-corrected chi connectivity index (χ2v) is 6.84. The average molecular weight is 341 g/mol. The highest BCUT2D eigenvalue weighted by molar-refractivity contribution is 5.45. The van der Waals surface area contributed by atoms with Gasteiger partial charge in [-0.05, 0) is 49.8 Å². The van der Waals surface area contributed by atoms with Crippen molar-refractivity contribution in [3.8, 4) is 5.75 Å². The summed E-state index contributed by atoms with van der Waals surface area (Å²) in [5, 5.41) is 3.41. The zero-order chi connectivity index (χ0) is 18.2. The Labute approximate surface area is 152 Å². The van der Waals surface area contributed by atoms with E-state index in [0.29, 0.717) is 12.5 Å². The maximum Gasteiger partial charge on any atom is 0.132 e. The Morgan fingerprint density at radius 1 is 1.16 bits per heavy atom. The molecule has 0 fully saturated rings. The third-order valence-electron chi connectivity index (χ3n) is 4.47. The fraction of sp³-hybridized carbons (Fsp3) is 0.524. The molecule has 0 bridgehead atoms. The standard InChI is InChI=1S/C21H31N3O/c1-6-7-8-19-17(5)23-14-24-21(19)22-11-12-25-20-13-18(15(2)3)10-9-16(20)4/h9-10,13-15H,6-8,11-12H2,1-5H3,(H,22,23,24). The van der Waals surface area contributed by atoms with E-state index in [9.17, 15) is 0 Å². The molecule has 1 aromatic carbocycles. The number of hydrogen-bond acceptors (Lipinski definition) is 4. The SMILES string of the molecule is CCCCc1c(C)ncnc1NCCOc1cc(C(C)C)ccc1C. The molecule has 1 N–H and O–H groups in total. The summed E-state index contributed by atoms with van der Waals surface area (Å²) in [7, 11) is 0. The quantitative estimate of drug-likeness (QED) is 0.648. The second kappa shape index (κ2) is 9.40.